The van der Waals surface area contributed by atoms with Crippen molar-refractivity contribution in [2.45, 2.75) is 13.5 Å². The van der Waals surface area contributed by atoms with Crippen LogP contribution in [0.25, 0.3) is 5.57 Å². The number of amides is 3. The normalized spacial score (nSPS) is 13.3. The zero-order valence-corrected chi connectivity index (χ0v) is 18.9. The molecule has 0 saturated heterocycles. The van der Waals surface area contributed by atoms with E-state index in [1.165, 1.54) is 27.4 Å². The van der Waals surface area contributed by atoms with Crippen LogP contribution in [0.1, 0.15) is 18.2 Å². The molecule has 0 spiro atoms. The lowest BCUT2D eigenvalue weighted by Gasteiger charge is -2.14. The molecule has 0 unspecified atom stereocenters. The van der Waals surface area contributed by atoms with Gasteiger partial charge in [0.05, 0.1) is 32.6 Å². The summed E-state index contributed by atoms with van der Waals surface area (Å²) in [4.78, 5) is 39.2. The van der Waals surface area contributed by atoms with Crippen LogP contribution in [0.4, 0.5) is 11.4 Å². The Morgan fingerprint density at radius 2 is 1.62 bits per heavy atom. The first-order chi connectivity index (χ1) is 16.4. The number of furan rings is 1. The topological polar surface area (TPSA) is 110 Å². The van der Waals surface area contributed by atoms with Gasteiger partial charge < -0.3 is 24.5 Å². The van der Waals surface area contributed by atoms with Crippen LogP contribution < -0.4 is 20.1 Å². The highest BCUT2D eigenvalue weighted by molar-refractivity contribution is 6.36. The third-order valence-electron chi connectivity index (χ3n) is 5.18. The van der Waals surface area contributed by atoms with Crippen LogP contribution in [0, 0.1) is 0 Å². The average Bonchev–Trinajstić information content (AvgIpc) is 3.42. The summed E-state index contributed by atoms with van der Waals surface area (Å²) in [6.45, 7) is 1.40. The van der Waals surface area contributed by atoms with Gasteiger partial charge in [-0.25, -0.2) is 0 Å². The van der Waals surface area contributed by atoms with E-state index in [9.17, 15) is 14.4 Å². The molecule has 0 atom stereocenters. The Balaban J connectivity index is 1.75. The van der Waals surface area contributed by atoms with Gasteiger partial charge in [-0.3, -0.25) is 19.3 Å². The maximum Gasteiger partial charge on any atom is 0.278 e. The number of carbonyl (C=O) groups is 3. The third kappa shape index (κ3) is 4.63. The van der Waals surface area contributed by atoms with Crippen molar-refractivity contribution in [3.8, 4) is 11.5 Å². The SMILES string of the molecule is COc1cc(NC2=C(c3ccc(NC(C)=O)cc3)C(=O)N(Cc3ccco3)C2=O)cc(OC)c1. The average molecular weight is 461 g/mol. The third-order valence-corrected chi connectivity index (χ3v) is 5.18. The number of imide groups is 1. The van der Waals surface area contributed by atoms with E-state index in [1.807, 2.05) is 0 Å². The van der Waals surface area contributed by atoms with E-state index >= 15 is 0 Å². The van der Waals surface area contributed by atoms with Crippen molar-refractivity contribution < 1.29 is 28.3 Å². The number of rotatable bonds is 8. The predicted molar refractivity (Wildman–Crippen MR) is 125 cm³/mol. The summed E-state index contributed by atoms with van der Waals surface area (Å²) in [5, 5.41) is 5.77. The van der Waals surface area contributed by atoms with Gasteiger partial charge in [0.25, 0.3) is 11.8 Å². The fourth-order valence-electron chi connectivity index (χ4n) is 3.61. The van der Waals surface area contributed by atoms with Crippen molar-refractivity contribution in [2.75, 3.05) is 24.9 Å². The maximum absolute atomic E-state index is 13.4. The Morgan fingerprint density at radius 3 is 2.18 bits per heavy atom. The summed E-state index contributed by atoms with van der Waals surface area (Å²) >= 11 is 0. The summed E-state index contributed by atoms with van der Waals surface area (Å²) in [6, 6.07) is 15.2. The minimum Gasteiger partial charge on any atom is -0.497 e. The highest BCUT2D eigenvalue weighted by atomic mass is 16.5. The molecule has 0 bridgehead atoms. The molecule has 0 fully saturated rings. The molecule has 3 aromatic rings. The van der Waals surface area contributed by atoms with Gasteiger partial charge in [-0.2, -0.15) is 0 Å². The zero-order chi connectivity index (χ0) is 24.2. The van der Waals surface area contributed by atoms with Gasteiger partial charge in [0, 0.05) is 36.5 Å². The van der Waals surface area contributed by atoms with Crippen molar-refractivity contribution >= 4 is 34.7 Å². The largest absolute Gasteiger partial charge is 0.497 e. The molecule has 2 N–H and O–H groups in total. The predicted octanol–water partition coefficient (Wildman–Crippen LogP) is 3.65. The Hall–Kier alpha value is -4.53. The number of carbonyl (C=O) groups excluding carboxylic acids is 3. The highest BCUT2D eigenvalue weighted by Gasteiger charge is 2.39. The van der Waals surface area contributed by atoms with Crippen LogP contribution in [-0.4, -0.2) is 36.8 Å². The second kappa shape index (κ2) is 9.53. The molecular formula is C25H23N3O6. The van der Waals surface area contributed by atoms with Gasteiger partial charge in [0.15, 0.2) is 0 Å². The molecule has 174 valence electrons. The van der Waals surface area contributed by atoms with Crippen molar-refractivity contribution in [1.82, 2.24) is 4.90 Å². The summed E-state index contributed by atoms with van der Waals surface area (Å²) in [5.41, 5.74) is 1.92. The quantitative estimate of drug-likeness (QED) is 0.493. The first-order valence-corrected chi connectivity index (χ1v) is 10.4. The number of nitrogens with one attached hydrogen (secondary N) is 2. The molecule has 0 radical (unpaired) electrons. The van der Waals surface area contributed by atoms with Crippen LogP contribution in [-0.2, 0) is 20.9 Å². The number of hydrogen-bond donors (Lipinski definition) is 2. The molecule has 4 rings (SSSR count). The molecule has 1 aliphatic heterocycles. The van der Waals surface area contributed by atoms with Gasteiger partial charge in [-0.15, -0.1) is 0 Å². The molecule has 2 aromatic carbocycles. The van der Waals surface area contributed by atoms with E-state index in [4.69, 9.17) is 13.9 Å². The van der Waals surface area contributed by atoms with Crippen LogP contribution in [0.3, 0.4) is 0 Å². The van der Waals surface area contributed by atoms with Crippen molar-refractivity contribution in [3.63, 3.8) is 0 Å². The molecule has 9 nitrogen and oxygen atoms in total. The Morgan fingerprint density at radius 1 is 0.941 bits per heavy atom. The van der Waals surface area contributed by atoms with Crippen LogP contribution in [0.15, 0.2) is 71.0 Å². The van der Waals surface area contributed by atoms with Crippen LogP contribution >= 0.6 is 0 Å². The Bertz CT molecular complexity index is 1240. The van der Waals surface area contributed by atoms with Gasteiger partial charge in [0.2, 0.25) is 5.91 Å². The van der Waals surface area contributed by atoms with Crippen molar-refractivity contribution in [2.24, 2.45) is 0 Å². The van der Waals surface area contributed by atoms with Crippen molar-refractivity contribution in [3.05, 3.63) is 77.9 Å². The lowest BCUT2D eigenvalue weighted by molar-refractivity contribution is -0.137. The summed E-state index contributed by atoms with van der Waals surface area (Å²) in [7, 11) is 3.05. The molecule has 1 aliphatic rings. The number of hydrogen-bond acceptors (Lipinski definition) is 7. The van der Waals surface area contributed by atoms with E-state index in [2.05, 4.69) is 10.6 Å². The standard InChI is InChI=1S/C25H23N3O6/c1-15(29)26-17-8-6-16(7-9-17)22-23(27-18-11-20(32-2)13-21(12-18)33-3)25(31)28(24(22)30)14-19-5-4-10-34-19/h4-13,27H,14H2,1-3H3,(H,26,29). The molecule has 0 aliphatic carbocycles. The first-order valence-electron chi connectivity index (χ1n) is 10.4. The van der Waals surface area contributed by atoms with E-state index < -0.39 is 11.8 Å². The Labute approximate surface area is 196 Å². The maximum atomic E-state index is 13.4. The van der Waals surface area contributed by atoms with E-state index in [0.29, 0.717) is 34.2 Å². The van der Waals surface area contributed by atoms with E-state index in [0.717, 1.165) is 4.90 Å². The van der Waals surface area contributed by atoms with Crippen molar-refractivity contribution in [1.29, 1.82) is 0 Å². The van der Waals surface area contributed by atoms with E-state index in [1.54, 1.807) is 54.6 Å². The van der Waals surface area contributed by atoms with Gasteiger partial charge in [-0.05, 0) is 29.8 Å². The number of methoxy groups -OCH3 is 2. The van der Waals surface area contributed by atoms with Gasteiger partial charge >= 0.3 is 0 Å². The summed E-state index contributed by atoms with van der Waals surface area (Å²) < 4.78 is 16.0. The molecular weight excluding hydrogens is 438 g/mol. The molecule has 1 aromatic heterocycles. The van der Waals surface area contributed by atoms with Crippen LogP contribution in [0.2, 0.25) is 0 Å². The molecule has 0 saturated carbocycles. The number of anilines is 2. The van der Waals surface area contributed by atoms with Crippen LogP contribution in [0.5, 0.6) is 11.5 Å². The second-order valence-electron chi connectivity index (χ2n) is 7.51. The fourth-order valence-corrected chi connectivity index (χ4v) is 3.61. The minimum atomic E-state index is -0.496. The lowest BCUT2D eigenvalue weighted by Crippen LogP contribution is -2.31. The smallest absolute Gasteiger partial charge is 0.278 e. The zero-order valence-electron chi connectivity index (χ0n) is 18.9. The van der Waals surface area contributed by atoms with Gasteiger partial charge in [-0.1, -0.05) is 12.1 Å². The number of nitrogens with zero attached hydrogens (tertiary/aromatic N) is 1. The second-order valence-corrected chi connectivity index (χ2v) is 7.51. The highest BCUT2D eigenvalue weighted by Crippen LogP contribution is 2.34. The monoisotopic (exact) mass is 461 g/mol. The Kier molecular flexibility index (Phi) is 6.35. The van der Waals surface area contributed by atoms with E-state index in [-0.39, 0.29) is 23.7 Å². The molecule has 9 heteroatoms. The first kappa shape index (κ1) is 22.7. The lowest BCUT2D eigenvalue weighted by atomic mass is 10.0. The summed E-state index contributed by atoms with van der Waals surface area (Å²) in [6.07, 6.45) is 1.48. The minimum absolute atomic E-state index is 0.00917. The fraction of sp³-hybridized carbons (Fsp3) is 0.160. The van der Waals surface area contributed by atoms with Gasteiger partial charge in [0.1, 0.15) is 23.0 Å². The molecule has 34 heavy (non-hydrogen) atoms. The molecule has 2 heterocycles. The molecule has 3 amide bonds. The number of ether oxygens (including phenoxy) is 2. The summed E-state index contributed by atoms with van der Waals surface area (Å²) in [5.74, 6) is 0.348. The number of benzene rings is 2.